The molecule has 1 aromatic heterocycles. The lowest BCUT2D eigenvalue weighted by Crippen LogP contribution is -2.30. The highest BCUT2D eigenvalue weighted by molar-refractivity contribution is 5.11. The van der Waals surface area contributed by atoms with Gasteiger partial charge < -0.3 is 9.47 Å². The molecular formula is C14H23N3O2. The molecule has 2 unspecified atom stereocenters. The molecular weight excluding hydrogens is 242 g/mol. The highest BCUT2D eigenvalue weighted by Crippen LogP contribution is 2.30. The lowest BCUT2D eigenvalue weighted by atomic mass is 10.1. The van der Waals surface area contributed by atoms with Gasteiger partial charge in [-0.25, -0.2) is 0 Å². The zero-order valence-electron chi connectivity index (χ0n) is 11.4. The second kappa shape index (κ2) is 6.50. The molecule has 2 fully saturated rings. The average molecular weight is 265 g/mol. The van der Waals surface area contributed by atoms with Gasteiger partial charge in [-0.2, -0.15) is 5.10 Å². The molecule has 2 atom stereocenters. The topological polar surface area (TPSA) is 50.4 Å². The quantitative estimate of drug-likeness (QED) is 0.885. The molecule has 1 aromatic rings. The summed E-state index contributed by atoms with van der Waals surface area (Å²) in [7, 11) is 0. The van der Waals surface area contributed by atoms with Crippen LogP contribution in [0.4, 0.5) is 0 Å². The lowest BCUT2D eigenvalue weighted by molar-refractivity contribution is -0.164. The van der Waals surface area contributed by atoms with Crippen LogP contribution in [0.1, 0.15) is 43.7 Å². The maximum Gasteiger partial charge on any atom is 0.157 e. The van der Waals surface area contributed by atoms with Gasteiger partial charge in [0.25, 0.3) is 0 Å². The zero-order chi connectivity index (χ0) is 12.9. The van der Waals surface area contributed by atoms with Crippen LogP contribution in [-0.4, -0.2) is 47.7 Å². The van der Waals surface area contributed by atoms with E-state index in [4.69, 9.17) is 9.47 Å². The first kappa shape index (κ1) is 13.1. The van der Waals surface area contributed by atoms with Crippen molar-refractivity contribution in [2.75, 3.05) is 26.3 Å². The SMILES string of the molecule is c1n[nH]cc1C1CCCN1CCOC1CCCCO1. The standard InChI is InChI=1S/C14H23N3O2/c1-2-8-18-14(5-1)19-9-7-17-6-3-4-13(17)12-10-15-16-11-12/h10-11,13-14H,1-9H2,(H,15,16). The molecule has 0 spiro atoms. The minimum absolute atomic E-state index is 0.0312. The van der Waals surface area contributed by atoms with Crippen LogP contribution in [0.3, 0.4) is 0 Å². The summed E-state index contributed by atoms with van der Waals surface area (Å²) in [6, 6.07) is 0.509. The third-order valence-electron chi connectivity index (χ3n) is 4.09. The normalized spacial score (nSPS) is 28.8. The fraction of sp³-hybridized carbons (Fsp3) is 0.786. The van der Waals surface area contributed by atoms with Crippen LogP contribution in [0.25, 0.3) is 0 Å². The van der Waals surface area contributed by atoms with Crippen molar-refractivity contribution < 1.29 is 9.47 Å². The van der Waals surface area contributed by atoms with Gasteiger partial charge in [0.05, 0.1) is 12.8 Å². The van der Waals surface area contributed by atoms with Crippen molar-refractivity contribution in [3.63, 3.8) is 0 Å². The van der Waals surface area contributed by atoms with Gasteiger partial charge in [-0.3, -0.25) is 10.00 Å². The molecule has 106 valence electrons. The van der Waals surface area contributed by atoms with Crippen LogP contribution in [0.2, 0.25) is 0 Å². The van der Waals surface area contributed by atoms with E-state index in [1.807, 2.05) is 12.4 Å². The molecule has 5 heteroatoms. The van der Waals surface area contributed by atoms with Gasteiger partial charge in [0.2, 0.25) is 0 Å². The van der Waals surface area contributed by atoms with Gasteiger partial charge in [0.15, 0.2) is 6.29 Å². The predicted molar refractivity (Wildman–Crippen MR) is 71.7 cm³/mol. The van der Waals surface area contributed by atoms with E-state index in [1.54, 1.807) is 0 Å². The highest BCUT2D eigenvalue weighted by atomic mass is 16.7. The van der Waals surface area contributed by atoms with Gasteiger partial charge in [0, 0.05) is 31.0 Å². The number of nitrogens with zero attached hydrogens (tertiary/aromatic N) is 2. The van der Waals surface area contributed by atoms with Crippen molar-refractivity contribution in [2.45, 2.75) is 44.4 Å². The molecule has 0 bridgehead atoms. The Labute approximate surface area is 114 Å². The Balaban J connectivity index is 1.44. The fourth-order valence-corrected chi connectivity index (χ4v) is 3.06. The summed E-state index contributed by atoms with van der Waals surface area (Å²) in [4.78, 5) is 2.49. The van der Waals surface area contributed by atoms with Crippen LogP contribution < -0.4 is 0 Å². The van der Waals surface area contributed by atoms with Crippen molar-refractivity contribution in [3.05, 3.63) is 18.0 Å². The Hall–Kier alpha value is -0.910. The number of hydrogen-bond donors (Lipinski definition) is 1. The summed E-state index contributed by atoms with van der Waals surface area (Å²) < 4.78 is 11.4. The van der Waals surface area contributed by atoms with Crippen LogP contribution >= 0.6 is 0 Å². The number of hydrogen-bond acceptors (Lipinski definition) is 4. The molecule has 5 nitrogen and oxygen atoms in total. The van der Waals surface area contributed by atoms with E-state index in [1.165, 1.54) is 31.2 Å². The number of aromatic amines is 1. The van der Waals surface area contributed by atoms with Crippen LogP contribution in [0.15, 0.2) is 12.4 Å². The number of aromatic nitrogens is 2. The first-order chi connectivity index (χ1) is 9.43. The number of rotatable bonds is 5. The van der Waals surface area contributed by atoms with Crippen molar-refractivity contribution in [1.82, 2.24) is 15.1 Å². The number of likely N-dealkylation sites (tertiary alicyclic amines) is 1. The molecule has 19 heavy (non-hydrogen) atoms. The summed E-state index contributed by atoms with van der Waals surface area (Å²) in [6.07, 6.45) is 9.91. The number of nitrogens with one attached hydrogen (secondary N) is 1. The molecule has 0 amide bonds. The Bertz CT molecular complexity index is 363. The van der Waals surface area contributed by atoms with Crippen molar-refractivity contribution in [1.29, 1.82) is 0 Å². The molecule has 0 saturated carbocycles. The summed E-state index contributed by atoms with van der Waals surface area (Å²) in [6.45, 7) is 3.76. The van der Waals surface area contributed by atoms with Crippen LogP contribution in [0, 0.1) is 0 Å². The Morgan fingerprint density at radius 3 is 3.16 bits per heavy atom. The van der Waals surface area contributed by atoms with E-state index in [0.717, 1.165) is 32.7 Å². The van der Waals surface area contributed by atoms with E-state index in [0.29, 0.717) is 6.04 Å². The van der Waals surface area contributed by atoms with Gasteiger partial charge >= 0.3 is 0 Å². The van der Waals surface area contributed by atoms with Gasteiger partial charge in [0.1, 0.15) is 0 Å². The molecule has 1 N–H and O–H groups in total. The third kappa shape index (κ3) is 3.35. The minimum atomic E-state index is 0.0312. The molecule has 0 aliphatic carbocycles. The second-order valence-corrected chi connectivity index (χ2v) is 5.39. The monoisotopic (exact) mass is 265 g/mol. The smallest absolute Gasteiger partial charge is 0.157 e. The van der Waals surface area contributed by atoms with E-state index in [-0.39, 0.29) is 6.29 Å². The van der Waals surface area contributed by atoms with Crippen molar-refractivity contribution >= 4 is 0 Å². The van der Waals surface area contributed by atoms with Gasteiger partial charge in [-0.1, -0.05) is 0 Å². The molecule has 2 aliphatic rings. The lowest BCUT2D eigenvalue weighted by Gasteiger charge is -2.26. The number of H-pyrrole nitrogens is 1. The molecule has 0 aromatic carbocycles. The summed E-state index contributed by atoms with van der Waals surface area (Å²) in [5, 5.41) is 6.96. The Kier molecular flexibility index (Phi) is 4.48. The van der Waals surface area contributed by atoms with Crippen LogP contribution in [-0.2, 0) is 9.47 Å². The van der Waals surface area contributed by atoms with Crippen LogP contribution in [0.5, 0.6) is 0 Å². The first-order valence-corrected chi connectivity index (χ1v) is 7.39. The first-order valence-electron chi connectivity index (χ1n) is 7.39. The Morgan fingerprint density at radius 2 is 2.37 bits per heavy atom. The van der Waals surface area contributed by atoms with Gasteiger partial charge in [-0.15, -0.1) is 0 Å². The molecule has 3 heterocycles. The maximum absolute atomic E-state index is 5.82. The molecule has 2 aliphatic heterocycles. The van der Waals surface area contributed by atoms with E-state index in [9.17, 15) is 0 Å². The molecule has 3 rings (SSSR count). The van der Waals surface area contributed by atoms with E-state index < -0.39 is 0 Å². The maximum atomic E-state index is 5.82. The second-order valence-electron chi connectivity index (χ2n) is 5.39. The van der Waals surface area contributed by atoms with E-state index in [2.05, 4.69) is 15.1 Å². The van der Waals surface area contributed by atoms with Gasteiger partial charge in [-0.05, 0) is 38.6 Å². The average Bonchev–Trinajstić information content (AvgIpc) is 3.10. The minimum Gasteiger partial charge on any atom is -0.353 e. The Morgan fingerprint density at radius 1 is 1.37 bits per heavy atom. The summed E-state index contributed by atoms with van der Waals surface area (Å²) >= 11 is 0. The van der Waals surface area contributed by atoms with Crippen molar-refractivity contribution in [2.24, 2.45) is 0 Å². The molecule has 2 saturated heterocycles. The number of ether oxygens (including phenoxy) is 2. The van der Waals surface area contributed by atoms with E-state index >= 15 is 0 Å². The predicted octanol–water partition coefficient (Wildman–Crippen LogP) is 2.09. The third-order valence-corrected chi connectivity index (χ3v) is 4.09. The summed E-state index contributed by atoms with van der Waals surface area (Å²) in [5.41, 5.74) is 1.30. The zero-order valence-corrected chi connectivity index (χ0v) is 11.4. The highest BCUT2D eigenvalue weighted by Gasteiger charge is 2.26. The fourth-order valence-electron chi connectivity index (χ4n) is 3.06. The largest absolute Gasteiger partial charge is 0.353 e. The molecule has 0 radical (unpaired) electrons. The van der Waals surface area contributed by atoms with Crippen molar-refractivity contribution in [3.8, 4) is 0 Å². The summed E-state index contributed by atoms with van der Waals surface area (Å²) in [5.74, 6) is 0.